The summed E-state index contributed by atoms with van der Waals surface area (Å²) in [6, 6.07) is 9.06. The van der Waals surface area contributed by atoms with Crippen molar-refractivity contribution in [1.82, 2.24) is 4.90 Å². The monoisotopic (exact) mass is 238 g/mol. The van der Waals surface area contributed by atoms with E-state index in [1.54, 1.807) is 0 Å². The average molecular weight is 239 g/mol. The predicted molar refractivity (Wildman–Crippen MR) is 68.5 cm³/mol. The smallest absolute Gasteiger partial charge is 0.0409 e. The van der Waals surface area contributed by atoms with Crippen LogP contribution in [0.2, 0.25) is 5.02 Å². The molecule has 2 atom stereocenters. The minimum atomic E-state index is 0.380. The molecule has 1 aromatic carbocycles. The van der Waals surface area contributed by atoms with Gasteiger partial charge in [0, 0.05) is 30.2 Å². The fourth-order valence-corrected chi connectivity index (χ4v) is 2.57. The zero-order chi connectivity index (χ0) is 11.5. The molecule has 1 aliphatic rings. The third-order valence-electron chi connectivity index (χ3n) is 3.33. The van der Waals surface area contributed by atoms with Crippen molar-refractivity contribution >= 4 is 11.6 Å². The maximum absolute atomic E-state index is 5.98. The summed E-state index contributed by atoms with van der Waals surface area (Å²) in [5, 5.41) is 0.818. The Bertz CT molecular complexity index is 354. The molecule has 0 bridgehead atoms. The SMILES string of the molecule is CC1CC(N)CCN1Cc1cccc(Cl)c1. The number of nitrogens with two attached hydrogens (primary N) is 1. The first-order chi connectivity index (χ1) is 7.65. The van der Waals surface area contributed by atoms with E-state index in [4.69, 9.17) is 17.3 Å². The number of hydrogen-bond donors (Lipinski definition) is 1. The van der Waals surface area contributed by atoms with Crippen LogP contribution in [0.5, 0.6) is 0 Å². The van der Waals surface area contributed by atoms with Gasteiger partial charge in [-0.25, -0.2) is 0 Å². The van der Waals surface area contributed by atoms with Crippen molar-refractivity contribution in [1.29, 1.82) is 0 Å². The Kier molecular flexibility index (Phi) is 3.85. The van der Waals surface area contributed by atoms with Crippen molar-refractivity contribution in [2.45, 2.75) is 38.4 Å². The Morgan fingerprint density at radius 1 is 1.50 bits per heavy atom. The Balaban J connectivity index is 1.99. The molecule has 1 saturated heterocycles. The molecule has 0 radical (unpaired) electrons. The molecule has 0 aromatic heterocycles. The van der Waals surface area contributed by atoms with E-state index < -0.39 is 0 Å². The topological polar surface area (TPSA) is 29.3 Å². The van der Waals surface area contributed by atoms with Gasteiger partial charge in [0.2, 0.25) is 0 Å². The first kappa shape index (κ1) is 11.9. The van der Waals surface area contributed by atoms with E-state index in [-0.39, 0.29) is 0 Å². The molecule has 2 N–H and O–H groups in total. The van der Waals surface area contributed by atoms with Crippen LogP contribution < -0.4 is 5.73 Å². The van der Waals surface area contributed by atoms with Gasteiger partial charge in [0.25, 0.3) is 0 Å². The number of halogens is 1. The highest BCUT2D eigenvalue weighted by molar-refractivity contribution is 6.30. The second kappa shape index (κ2) is 5.17. The standard InChI is InChI=1S/C13H19ClN2/c1-10-7-13(15)5-6-16(10)9-11-3-2-4-12(14)8-11/h2-4,8,10,13H,5-7,9,15H2,1H3. The number of piperidine rings is 1. The molecule has 1 fully saturated rings. The fraction of sp³-hybridized carbons (Fsp3) is 0.538. The van der Waals surface area contributed by atoms with Crippen molar-refractivity contribution in [2.75, 3.05) is 6.54 Å². The molecule has 0 aliphatic carbocycles. The molecule has 16 heavy (non-hydrogen) atoms. The first-order valence-electron chi connectivity index (χ1n) is 5.89. The van der Waals surface area contributed by atoms with E-state index >= 15 is 0 Å². The summed E-state index contributed by atoms with van der Waals surface area (Å²) < 4.78 is 0. The lowest BCUT2D eigenvalue weighted by atomic mass is 9.98. The largest absolute Gasteiger partial charge is 0.328 e. The van der Waals surface area contributed by atoms with E-state index in [9.17, 15) is 0 Å². The molecule has 3 heteroatoms. The minimum absolute atomic E-state index is 0.380. The summed E-state index contributed by atoms with van der Waals surface area (Å²) in [7, 11) is 0. The van der Waals surface area contributed by atoms with Gasteiger partial charge in [0.05, 0.1) is 0 Å². The molecule has 0 saturated carbocycles. The maximum atomic E-state index is 5.98. The van der Waals surface area contributed by atoms with Crippen LogP contribution in [0.4, 0.5) is 0 Å². The number of hydrogen-bond acceptors (Lipinski definition) is 2. The van der Waals surface area contributed by atoms with Crippen LogP contribution in [0.3, 0.4) is 0 Å². The molecule has 2 nitrogen and oxygen atoms in total. The van der Waals surface area contributed by atoms with Crippen LogP contribution in [0, 0.1) is 0 Å². The molecular formula is C13H19ClN2. The van der Waals surface area contributed by atoms with Gasteiger partial charge in [0.1, 0.15) is 0 Å². The van der Waals surface area contributed by atoms with Crippen molar-refractivity contribution in [2.24, 2.45) is 5.73 Å². The van der Waals surface area contributed by atoms with Gasteiger partial charge in [-0.3, -0.25) is 4.90 Å². The van der Waals surface area contributed by atoms with Gasteiger partial charge in [0.15, 0.2) is 0 Å². The van der Waals surface area contributed by atoms with Crippen molar-refractivity contribution in [3.05, 3.63) is 34.9 Å². The van der Waals surface area contributed by atoms with E-state index in [1.165, 1.54) is 5.56 Å². The van der Waals surface area contributed by atoms with Gasteiger partial charge < -0.3 is 5.73 Å². The average Bonchev–Trinajstić information content (AvgIpc) is 2.22. The highest BCUT2D eigenvalue weighted by atomic mass is 35.5. The van der Waals surface area contributed by atoms with Crippen molar-refractivity contribution < 1.29 is 0 Å². The van der Waals surface area contributed by atoms with Crippen molar-refractivity contribution in [3.63, 3.8) is 0 Å². The molecule has 0 spiro atoms. The summed E-state index contributed by atoms with van der Waals surface area (Å²) in [6.45, 7) is 4.33. The lowest BCUT2D eigenvalue weighted by Crippen LogP contribution is -2.44. The van der Waals surface area contributed by atoms with Crippen LogP contribution in [-0.2, 0) is 6.54 Å². The molecule has 1 aromatic rings. The van der Waals surface area contributed by atoms with E-state index in [2.05, 4.69) is 17.9 Å². The van der Waals surface area contributed by atoms with Crippen LogP contribution in [0.15, 0.2) is 24.3 Å². The quantitative estimate of drug-likeness (QED) is 0.859. The van der Waals surface area contributed by atoms with Crippen LogP contribution in [0.1, 0.15) is 25.3 Å². The van der Waals surface area contributed by atoms with Gasteiger partial charge in [-0.05, 0) is 37.5 Å². The molecule has 1 aliphatic heterocycles. The number of likely N-dealkylation sites (tertiary alicyclic amines) is 1. The van der Waals surface area contributed by atoms with E-state index in [0.29, 0.717) is 12.1 Å². The molecule has 1 heterocycles. The second-order valence-electron chi connectivity index (χ2n) is 4.73. The maximum Gasteiger partial charge on any atom is 0.0409 e. The van der Waals surface area contributed by atoms with Crippen LogP contribution >= 0.6 is 11.6 Å². The Morgan fingerprint density at radius 3 is 3.00 bits per heavy atom. The summed E-state index contributed by atoms with van der Waals surface area (Å²) in [5.74, 6) is 0. The summed E-state index contributed by atoms with van der Waals surface area (Å²) in [5.41, 5.74) is 7.24. The van der Waals surface area contributed by atoms with Gasteiger partial charge >= 0.3 is 0 Å². The summed E-state index contributed by atoms with van der Waals surface area (Å²) in [6.07, 6.45) is 2.20. The Hall–Kier alpha value is -0.570. The molecular weight excluding hydrogens is 220 g/mol. The second-order valence-corrected chi connectivity index (χ2v) is 5.17. The number of rotatable bonds is 2. The van der Waals surface area contributed by atoms with E-state index in [0.717, 1.165) is 31.0 Å². The zero-order valence-corrected chi connectivity index (χ0v) is 10.5. The molecule has 2 unspecified atom stereocenters. The third kappa shape index (κ3) is 2.97. The van der Waals surface area contributed by atoms with Crippen LogP contribution in [-0.4, -0.2) is 23.5 Å². The normalized spacial score (nSPS) is 26.9. The molecule has 2 rings (SSSR count). The minimum Gasteiger partial charge on any atom is -0.328 e. The van der Waals surface area contributed by atoms with Gasteiger partial charge in [-0.2, -0.15) is 0 Å². The lowest BCUT2D eigenvalue weighted by molar-refractivity contribution is 0.140. The highest BCUT2D eigenvalue weighted by Gasteiger charge is 2.22. The predicted octanol–water partition coefficient (Wildman–Crippen LogP) is 2.65. The fourth-order valence-electron chi connectivity index (χ4n) is 2.36. The Labute approximate surface area is 102 Å². The molecule has 88 valence electrons. The van der Waals surface area contributed by atoms with Crippen molar-refractivity contribution in [3.8, 4) is 0 Å². The zero-order valence-electron chi connectivity index (χ0n) is 9.70. The summed E-state index contributed by atoms with van der Waals surface area (Å²) in [4.78, 5) is 2.48. The third-order valence-corrected chi connectivity index (χ3v) is 3.56. The first-order valence-corrected chi connectivity index (χ1v) is 6.27. The Morgan fingerprint density at radius 2 is 2.31 bits per heavy atom. The van der Waals surface area contributed by atoms with Crippen LogP contribution in [0.25, 0.3) is 0 Å². The number of nitrogens with zero attached hydrogens (tertiary/aromatic N) is 1. The molecule has 0 amide bonds. The summed E-state index contributed by atoms with van der Waals surface area (Å²) >= 11 is 5.98. The number of benzene rings is 1. The van der Waals surface area contributed by atoms with E-state index in [1.807, 2.05) is 18.2 Å². The van der Waals surface area contributed by atoms with Gasteiger partial charge in [-0.1, -0.05) is 23.7 Å². The lowest BCUT2D eigenvalue weighted by Gasteiger charge is -2.36. The van der Waals surface area contributed by atoms with Gasteiger partial charge in [-0.15, -0.1) is 0 Å². The highest BCUT2D eigenvalue weighted by Crippen LogP contribution is 2.20.